The average Bonchev–Trinajstić information content (AvgIpc) is 2.27. The molecule has 0 spiro atoms. The van der Waals surface area contributed by atoms with Crippen LogP contribution in [0.2, 0.25) is 0 Å². The van der Waals surface area contributed by atoms with Gasteiger partial charge in [0.2, 0.25) is 0 Å². The van der Waals surface area contributed by atoms with Gasteiger partial charge >= 0.3 is 0 Å². The first-order chi connectivity index (χ1) is 9.61. The Kier molecular flexibility index (Phi) is 14.5. The second-order valence-corrected chi connectivity index (χ2v) is 6.17. The van der Waals surface area contributed by atoms with Crippen LogP contribution in [0.25, 0.3) is 0 Å². The summed E-state index contributed by atoms with van der Waals surface area (Å²) < 4.78 is 36.5. The second kappa shape index (κ2) is 12.4. The highest BCUT2D eigenvalue weighted by Crippen LogP contribution is 1.96. The topological polar surface area (TPSA) is 115 Å². The van der Waals surface area contributed by atoms with Crippen molar-refractivity contribution < 1.29 is 36.5 Å². The summed E-state index contributed by atoms with van der Waals surface area (Å²) in [5, 5.41) is 8.28. The fourth-order valence-electron chi connectivity index (χ4n) is 0.330. The number of ketones is 3. The van der Waals surface area contributed by atoms with Crippen LogP contribution in [-0.4, -0.2) is 55.5 Å². The lowest BCUT2D eigenvalue weighted by Crippen LogP contribution is -2.20. The van der Waals surface area contributed by atoms with Crippen LogP contribution in [0.3, 0.4) is 0 Å². The molecule has 0 rings (SSSR count). The molecule has 0 amide bonds. The summed E-state index contributed by atoms with van der Waals surface area (Å²) >= 11 is 0. The summed E-state index contributed by atoms with van der Waals surface area (Å²) in [5.74, 6) is -0.893. The molecule has 0 radical (unpaired) electrons. The van der Waals surface area contributed by atoms with E-state index in [2.05, 4.69) is 4.18 Å². The van der Waals surface area contributed by atoms with E-state index in [1.54, 1.807) is 0 Å². The summed E-state index contributed by atoms with van der Waals surface area (Å²) in [5.41, 5.74) is 0. The summed E-state index contributed by atoms with van der Waals surface area (Å²) in [6.45, 7) is 7.92. The zero-order chi connectivity index (χ0) is 18.7. The number of aliphatic hydroxyl groups is 1. The van der Waals surface area contributed by atoms with E-state index in [4.69, 9.17) is 5.11 Å². The van der Waals surface area contributed by atoms with E-state index in [1.165, 1.54) is 41.5 Å². The molecule has 0 aliphatic carbocycles. The van der Waals surface area contributed by atoms with E-state index in [0.29, 0.717) is 0 Å². The zero-order valence-corrected chi connectivity index (χ0v) is 14.7. The van der Waals surface area contributed by atoms with Crippen LogP contribution < -0.4 is 0 Å². The Bertz CT molecular complexity index is 437. The molecule has 0 aliphatic heterocycles. The Morgan fingerprint density at radius 3 is 1.27 bits per heavy atom. The van der Waals surface area contributed by atoms with Gasteiger partial charge in [0, 0.05) is 0 Å². The number of carbonyl (C=O) groups is 3. The Morgan fingerprint density at radius 2 is 1.23 bits per heavy atom. The molecular weight excluding hydrogens is 319 g/mol. The average molecular weight is 344 g/mol. The van der Waals surface area contributed by atoms with Crippen molar-refractivity contribution in [2.75, 3.05) is 6.26 Å². The molecule has 0 saturated heterocycles. The number of rotatable bonds is 5. The largest absolute Gasteiger partial charge is 0.386 e. The summed E-state index contributed by atoms with van der Waals surface area (Å²) in [6, 6.07) is 0. The second-order valence-electron chi connectivity index (χ2n) is 4.57. The molecule has 7 nitrogen and oxygen atoms in total. The van der Waals surface area contributed by atoms with Gasteiger partial charge in [-0.2, -0.15) is 8.42 Å². The number of hydrogen-bond acceptors (Lipinski definition) is 7. The van der Waals surface area contributed by atoms with Crippen molar-refractivity contribution in [2.24, 2.45) is 0 Å². The first-order valence-electron chi connectivity index (χ1n) is 6.33. The predicted octanol–water partition coefficient (Wildman–Crippen LogP) is 0.830. The molecule has 9 heteroatoms. The van der Waals surface area contributed by atoms with Crippen LogP contribution in [0.15, 0.2) is 0 Å². The Morgan fingerprint density at radius 1 is 0.955 bits per heavy atom. The smallest absolute Gasteiger partial charge is 0.265 e. The zero-order valence-electron chi connectivity index (χ0n) is 13.9. The molecule has 1 N–H and O–H groups in total. The minimum atomic E-state index is -3.49. The van der Waals surface area contributed by atoms with Gasteiger partial charge in [0.05, 0.1) is 6.26 Å². The maximum Gasteiger partial charge on any atom is 0.265 e. The van der Waals surface area contributed by atoms with Gasteiger partial charge in [0.1, 0.15) is 12.2 Å². The molecule has 3 atom stereocenters. The molecule has 0 aromatic heterocycles. The highest BCUT2D eigenvalue weighted by atomic mass is 32.2. The molecule has 0 bridgehead atoms. The highest BCUT2D eigenvalue weighted by molar-refractivity contribution is 7.86. The van der Waals surface area contributed by atoms with Crippen molar-refractivity contribution in [3.8, 4) is 0 Å². The van der Waals surface area contributed by atoms with Crippen LogP contribution in [0.1, 0.15) is 41.5 Å². The highest BCUT2D eigenvalue weighted by Gasteiger charge is 2.13. The lowest BCUT2D eigenvalue weighted by molar-refractivity contribution is -0.124. The van der Waals surface area contributed by atoms with Crippen LogP contribution in [-0.2, 0) is 28.7 Å². The normalized spacial score (nSPS) is 14.2. The van der Waals surface area contributed by atoms with E-state index >= 15 is 0 Å². The van der Waals surface area contributed by atoms with E-state index in [9.17, 15) is 27.2 Å². The third-order valence-corrected chi connectivity index (χ3v) is 2.68. The molecule has 132 valence electrons. The van der Waals surface area contributed by atoms with Gasteiger partial charge in [-0.05, 0) is 41.5 Å². The summed E-state index contributed by atoms with van der Waals surface area (Å²) in [7, 11) is -3.49. The molecule has 0 aromatic carbocycles. The lowest BCUT2D eigenvalue weighted by Gasteiger charge is -2.05. The molecule has 0 saturated carbocycles. The summed E-state index contributed by atoms with van der Waals surface area (Å²) in [6.07, 6.45) is -2.03. The third-order valence-electron chi connectivity index (χ3n) is 2.04. The van der Waals surface area contributed by atoms with Crippen LogP contribution >= 0.6 is 0 Å². The van der Waals surface area contributed by atoms with Gasteiger partial charge < -0.3 is 5.11 Å². The fraction of sp³-hybridized carbons (Fsp3) is 0.769. The van der Waals surface area contributed by atoms with Crippen LogP contribution in [0.5, 0.6) is 0 Å². The maximum absolute atomic E-state index is 11.5. The molecule has 0 aromatic rings. The Hall–Kier alpha value is -1.19. The molecule has 0 fully saturated rings. The number of aliphatic hydroxyl groups excluding tert-OH is 1. The predicted molar refractivity (Wildman–Crippen MR) is 79.7 cm³/mol. The Labute approximate surface area is 131 Å². The first kappa shape index (κ1) is 25.7. The fourth-order valence-corrected chi connectivity index (χ4v) is 0.990. The quantitative estimate of drug-likeness (QED) is 0.734. The van der Waals surface area contributed by atoms with Gasteiger partial charge in [-0.1, -0.05) is 0 Å². The molecule has 2 unspecified atom stereocenters. The minimum absolute atomic E-state index is 0.185. The number of alkyl halides is 1. The SMILES string of the molecule is CC(=O)C(C)O.CC(=O)C(C)OS(C)(=O)=O.CC(=O)[C@@H](C)F. The first-order valence-corrected chi connectivity index (χ1v) is 8.15. The van der Waals surface area contributed by atoms with Crippen molar-refractivity contribution in [3.63, 3.8) is 0 Å². The van der Waals surface area contributed by atoms with Crippen molar-refractivity contribution in [3.05, 3.63) is 0 Å². The van der Waals surface area contributed by atoms with E-state index < -0.39 is 34.3 Å². The third kappa shape index (κ3) is 23.9. The number of halogens is 1. The monoisotopic (exact) mass is 344 g/mol. The number of hydrogen-bond donors (Lipinski definition) is 1. The minimum Gasteiger partial charge on any atom is -0.386 e. The molecule has 0 heterocycles. The standard InChI is InChI=1S/C5H10O4S.C4H7FO.C4H8O2/c1-4(6)5(2)9-10(3,7)8;2*1-3(5)4(2)6/h5H,1-3H3;3H,1-2H3;3,5H,1-2H3/t;3-;/m.1./s1. The van der Waals surface area contributed by atoms with E-state index in [0.717, 1.165) is 6.26 Å². The number of Topliss-reactive ketones (excluding diaryl/α,β-unsaturated/α-hetero) is 3. The Balaban J connectivity index is -0.000000261. The van der Waals surface area contributed by atoms with E-state index in [1.807, 2.05) is 0 Å². The van der Waals surface area contributed by atoms with Crippen molar-refractivity contribution in [2.45, 2.75) is 59.9 Å². The number of carbonyl (C=O) groups excluding carboxylic acids is 3. The van der Waals surface area contributed by atoms with Gasteiger partial charge in [-0.3, -0.25) is 18.6 Å². The molecular formula is C13H25FO7S. The van der Waals surface area contributed by atoms with Gasteiger partial charge in [0.15, 0.2) is 23.5 Å². The van der Waals surface area contributed by atoms with Crippen molar-refractivity contribution >= 4 is 27.5 Å². The van der Waals surface area contributed by atoms with Crippen LogP contribution in [0.4, 0.5) is 4.39 Å². The van der Waals surface area contributed by atoms with Gasteiger partial charge in [0.25, 0.3) is 10.1 Å². The molecule has 0 aliphatic rings. The van der Waals surface area contributed by atoms with Crippen molar-refractivity contribution in [1.82, 2.24) is 0 Å². The molecule has 22 heavy (non-hydrogen) atoms. The van der Waals surface area contributed by atoms with Crippen LogP contribution in [0, 0.1) is 0 Å². The van der Waals surface area contributed by atoms with Gasteiger partial charge in [-0.15, -0.1) is 0 Å². The van der Waals surface area contributed by atoms with E-state index in [-0.39, 0.29) is 11.6 Å². The lowest BCUT2D eigenvalue weighted by atomic mass is 10.3. The van der Waals surface area contributed by atoms with Gasteiger partial charge in [-0.25, -0.2) is 4.39 Å². The maximum atomic E-state index is 11.5. The summed E-state index contributed by atoms with van der Waals surface area (Å²) in [4.78, 5) is 30.1. The van der Waals surface area contributed by atoms with Crippen molar-refractivity contribution in [1.29, 1.82) is 0 Å².